The van der Waals surface area contributed by atoms with Crippen LogP contribution < -0.4 is 0 Å². The monoisotopic (exact) mass is 592 g/mol. The summed E-state index contributed by atoms with van der Waals surface area (Å²) in [5.41, 5.74) is -0.226. The molecule has 0 amide bonds. The summed E-state index contributed by atoms with van der Waals surface area (Å²) in [4.78, 5) is 14.4. The third kappa shape index (κ3) is 4.02. The van der Waals surface area contributed by atoms with Crippen LogP contribution >= 0.6 is 11.3 Å². The predicted octanol–water partition coefficient (Wildman–Crippen LogP) is 10.8. The quantitative estimate of drug-likeness (QED) is 0.204. The minimum atomic E-state index is -0.681. The zero-order valence-corrected chi connectivity index (χ0v) is 23.4. The molecule has 44 heavy (non-hydrogen) atoms. The molecule has 6 aromatic carbocycles. The van der Waals surface area contributed by atoms with Gasteiger partial charge in [0.15, 0.2) is 17.5 Å². The lowest BCUT2D eigenvalue weighted by molar-refractivity contribution is 0.669. The Morgan fingerprint density at radius 1 is 0.523 bits per heavy atom. The highest BCUT2D eigenvalue weighted by Gasteiger charge is 2.18. The zero-order chi connectivity index (χ0) is 38.6. The molecule has 0 aliphatic carbocycles. The number of aromatic nitrogens is 3. The molecule has 0 saturated carbocycles. The number of nitrogens with zero attached hydrogens (tertiary/aromatic N) is 3. The number of benzene rings is 6. The number of hydrogen-bond donors (Lipinski definition) is 0. The molecule has 9 rings (SSSR count). The maximum absolute atomic E-state index is 9.43. The van der Waals surface area contributed by atoms with E-state index in [1.807, 2.05) is 72.8 Å². The van der Waals surface area contributed by atoms with Gasteiger partial charge in [0, 0.05) is 47.6 Å². The third-order valence-electron chi connectivity index (χ3n) is 7.36. The molecule has 3 aromatic heterocycles. The van der Waals surface area contributed by atoms with Crippen LogP contribution in [-0.4, -0.2) is 15.0 Å². The van der Waals surface area contributed by atoms with Gasteiger partial charge in [-0.25, -0.2) is 15.0 Å². The number of thiophene rings is 1. The Hall–Kier alpha value is -5.65. The van der Waals surface area contributed by atoms with E-state index in [1.54, 1.807) is 11.3 Å². The summed E-state index contributed by atoms with van der Waals surface area (Å²) in [6, 6.07) is 16.4. The number of furan rings is 1. The zero-order valence-electron chi connectivity index (χ0n) is 33.6. The maximum atomic E-state index is 9.43. The van der Waals surface area contributed by atoms with E-state index < -0.39 is 72.0 Å². The highest BCUT2D eigenvalue weighted by molar-refractivity contribution is 7.26. The Kier molecular flexibility index (Phi) is 3.69. The molecule has 0 aliphatic heterocycles. The first kappa shape index (κ1) is 16.3. The van der Waals surface area contributed by atoms with Crippen molar-refractivity contribution in [3.63, 3.8) is 0 Å². The largest absolute Gasteiger partial charge is 0.456 e. The fourth-order valence-electron chi connectivity index (χ4n) is 5.37. The fourth-order valence-corrected chi connectivity index (χ4v) is 6.58. The van der Waals surface area contributed by atoms with E-state index in [0.29, 0.717) is 11.1 Å². The maximum Gasteiger partial charge on any atom is 0.165 e. The van der Waals surface area contributed by atoms with Crippen molar-refractivity contribution in [1.29, 1.82) is 0 Å². The van der Waals surface area contributed by atoms with Gasteiger partial charge in [-0.05, 0) is 41.4 Å². The molecule has 4 nitrogen and oxygen atoms in total. The van der Waals surface area contributed by atoms with E-state index in [1.165, 1.54) is 0 Å². The van der Waals surface area contributed by atoms with Crippen molar-refractivity contribution < 1.29 is 19.5 Å². The van der Waals surface area contributed by atoms with Crippen molar-refractivity contribution in [3.8, 4) is 45.3 Å². The van der Waals surface area contributed by atoms with Gasteiger partial charge in [0.25, 0.3) is 0 Å². The predicted molar refractivity (Wildman–Crippen MR) is 182 cm³/mol. The first-order valence-corrected chi connectivity index (χ1v) is 14.5. The highest BCUT2D eigenvalue weighted by atomic mass is 32.1. The van der Waals surface area contributed by atoms with Crippen LogP contribution in [0, 0.1) is 0 Å². The summed E-state index contributed by atoms with van der Waals surface area (Å²) in [5.74, 6) is 0.432. The van der Waals surface area contributed by atoms with Crippen LogP contribution in [0.25, 0.3) is 87.4 Å². The second-order valence-corrected chi connectivity index (χ2v) is 11.0. The summed E-state index contributed by atoms with van der Waals surface area (Å²) < 4.78 is 104. The van der Waals surface area contributed by atoms with E-state index in [0.717, 1.165) is 20.2 Å². The van der Waals surface area contributed by atoms with E-state index in [-0.39, 0.29) is 50.5 Å². The molecule has 0 spiro atoms. The molecular formula is C39H23N3OS. The van der Waals surface area contributed by atoms with Crippen molar-refractivity contribution in [2.24, 2.45) is 0 Å². The Labute approximate surface area is 272 Å². The van der Waals surface area contributed by atoms with Gasteiger partial charge in [-0.3, -0.25) is 0 Å². The van der Waals surface area contributed by atoms with Crippen LogP contribution in [0.1, 0.15) is 15.1 Å². The molecule has 5 heteroatoms. The van der Waals surface area contributed by atoms with Gasteiger partial charge in [0.1, 0.15) is 11.2 Å². The first-order valence-electron chi connectivity index (χ1n) is 19.1. The van der Waals surface area contributed by atoms with Crippen LogP contribution in [0.15, 0.2) is 144 Å². The van der Waals surface area contributed by atoms with E-state index >= 15 is 0 Å². The molecule has 0 saturated heterocycles. The van der Waals surface area contributed by atoms with Gasteiger partial charge < -0.3 is 4.42 Å². The van der Waals surface area contributed by atoms with Crippen molar-refractivity contribution in [1.82, 2.24) is 15.0 Å². The molecule has 0 unspecified atom stereocenters. The molecule has 3 heterocycles. The first-order chi connectivity index (χ1) is 26.4. The average Bonchev–Trinajstić information content (AvgIpc) is 3.79. The Balaban J connectivity index is 1.37. The highest BCUT2D eigenvalue weighted by Crippen LogP contribution is 2.41. The standard InChI is InChI=1S/C39H23N3OS/c1-3-11-24(12-4-1)27-16-10-19-32-35(27)30-22-21-26(23-33(30)43-32)38-40-37(25-13-5-2-6-14-25)41-39(42-38)31-18-9-17-29-28-15-7-8-20-34(28)44-36(29)31/h1-23H/i1D,3D,4D,10D,11D,12D,16D,19D,21D,22D,23D. The number of fused-ring (bicyclic) bond motifs is 6. The van der Waals surface area contributed by atoms with Gasteiger partial charge in [-0.15, -0.1) is 11.3 Å². The van der Waals surface area contributed by atoms with E-state index in [4.69, 9.17) is 30.3 Å². The molecule has 0 aliphatic rings. The molecule has 0 atom stereocenters. The van der Waals surface area contributed by atoms with Crippen LogP contribution in [0.3, 0.4) is 0 Å². The van der Waals surface area contributed by atoms with Crippen molar-refractivity contribution in [2.75, 3.05) is 0 Å². The van der Waals surface area contributed by atoms with Crippen LogP contribution in [0.2, 0.25) is 0 Å². The Bertz CT molecular complexity index is 3100. The fraction of sp³-hybridized carbons (Fsp3) is 0. The van der Waals surface area contributed by atoms with Crippen molar-refractivity contribution in [2.45, 2.75) is 0 Å². The molecule has 0 N–H and O–H groups in total. The topological polar surface area (TPSA) is 51.8 Å². The lowest BCUT2D eigenvalue weighted by Gasteiger charge is -2.09. The third-order valence-corrected chi connectivity index (χ3v) is 8.58. The van der Waals surface area contributed by atoms with Gasteiger partial charge in [-0.2, -0.15) is 0 Å². The van der Waals surface area contributed by atoms with Crippen LogP contribution in [0.5, 0.6) is 0 Å². The van der Waals surface area contributed by atoms with E-state index in [2.05, 4.69) is 0 Å². The van der Waals surface area contributed by atoms with E-state index in [9.17, 15) is 4.11 Å². The van der Waals surface area contributed by atoms with Crippen LogP contribution in [-0.2, 0) is 0 Å². The molecular weight excluding hydrogens is 559 g/mol. The summed E-state index contributed by atoms with van der Waals surface area (Å²) in [6.07, 6.45) is 0. The summed E-state index contributed by atoms with van der Waals surface area (Å²) in [5, 5.41) is 1.70. The Morgan fingerprint density at radius 2 is 1.30 bits per heavy atom. The normalized spacial score (nSPS) is 15.1. The van der Waals surface area contributed by atoms with Gasteiger partial charge >= 0.3 is 0 Å². The summed E-state index contributed by atoms with van der Waals surface area (Å²) in [6.45, 7) is 0. The molecule has 0 bridgehead atoms. The molecule has 0 radical (unpaired) electrons. The van der Waals surface area contributed by atoms with Gasteiger partial charge in [0.2, 0.25) is 0 Å². The molecule has 0 fully saturated rings. The lowest BCUT2D eigenvalue weighted by Crippen LogP contribution is -2.00. The molecule has 9 aromatic rings. The lowest BCUT2D eigenvalue weighted by atomic mass is 9.99. The van der Waals surface area contributed by atoms with Gasteiger partial charge in [-0.1, -0.05) is 109 Å². The minimum absolute atomic E-state index is 0.0906. The smallest absolute Gasteiger partial charge is 0.165 e. The summed E-state index contributed by atoms with van der Waals surface area (Å²) >= 11 is 1.58. The van der Waals surface area contributed by atoms with Crippen molar-refractivity contribution in [3.05, 3.63) is 139 Å². The number of hydrogen-bond acceptors (Lipinski definition) is 5. The minimum Gasteiger partial charge on any atom is -0.456 e. The van der Waals surface area contributed by atoms with Gasteiger partial charge in [0.05, 0.1) is 15.1 Å². The SMILES string of the molecule is [2H]c1c([2H])c([2H])c(-c2c([2H])c([2H])c([2H])c3oc4c([2H])c(-c5nc(-c6ccccc6)nc(-c6cccc7c6sc6ccccc67)n5)c([2H])c([2H])c4c23)c([2H])c1[2H]. The second kappa shape index (κ2) is 9.97. The number of rotatable bonds is 4. The van der Waals surface area contributed by atoms with Crippen LogP contribution in [0.4, 0.5) is 0 Å². The summed E-state index contributed by atoms with van der Waals surface area (Å²) in [7, 11) is 0. The average molecular weight is 593 g/mol. The van der Waals surface area contributed by atoms with Crippen molar-refractivity contribution >= 4 is 53.4 Å². The second-order valence-electron chi connectivity index (χ2n) is 9.96. The molecule has 206 valence electrons. The Morgan fingerprint density at radius 3 is 2.18 bits per heavy atom.